The van der Waals surface area contributed by atoms with Gasteiger partial charge in [0.05, 0.1) is 0 Å². The van der Waals surface area contributed by atoms with Crippen LogP contribution in [0.1, 0.15) is 25.0 Å². The maximum atomic E-state index is 2.43. The topological polar surface area (TPSA) is 0 Å². The largest absolute Gasteiger partial charge is 0.0616 e. The van der Waals surface area contributed by atoms with E-state index in [2.05, 4.69) is 196 Å². The molecule has 1 aliphatic rings. The van der Waals surface area contributed by atoms with E-state index in [1.165, 1.54) is 109 Å². The molecule has 0 unspecified atom stereocenters. The average molecular weight is 673 g/mol. The highest BCUT2D eigenvalue weighted by Crippen LogP contribution is 2.52. The van der Waals surface area contributed by atoms with Gasteiger partial charge >= 0.3 is 0 Å². The quantitative estimate of drug-likeness (QED) is 0.164. The van der Waals surface area contributed by atoms with Crippen molar-refractivity contribution in [1.29, 1.82) is 0 Å². The van der Waals surface area contributed by atoms with E-state index in [1.807, 2.05) is 0 Å². The molecular formula is C53H36. The van der Waals surface area contributed by atoms with Gasteiger partial charge in [-0.25, -0.2) is 0 Å². The first-order valence-electron chi connectivity index (χ1n) is 18.7. The third-order valence-electron chi connectivity index (χ3n) is 12.0. The van der Waals surface area contributed by atoms with Gasteiger partial charge in [0, 0.05) is 5.41 Å². The molecule has 0 saturated carbocycles. The van der Waals surface area contributed by atoms with Gasteiger partial charge < -0.3 is 0 Å². The summed E-state index contributed by atoms with van der Waals surface area (Å²) < 4.78 is 0. The van der Waals surface area contributed by atoms with Crippen LogP contribution in [0.2, 0.25) is 0 Å². The Hall–Kier alpha value is -6.50. The fraction of sp³-hybridized carbons (Fsp3) is 0.0566. The highest BCUT2D eigenvalue weighted by Gasteiger charge is 2.36. The van der Waals surface area contributed by atoms with Crippen molar-refractivity contribution in [2.24, 2.45) is 0 Å². The standard InChI is InChI=1S/C53H36/c1-53(2)48-27-26-39(32-47(48)52-42-14-6-5-12-34(42)25-28-49(52)53)37-20-21-38-31-41(24-22-36(38)29-37)51-45-17-9-7-15-43(45)50(44-16-8-10-18-46(44)51)40-23-19-33-11-3-4-13-35(33)30-40/h3-32H,1-2H3. The molecule has 0 heteroatoms. The van der Waals surface area contributed by atoms with E-state index in [4.69, 9.17) is 0 Å². The van der Waals surface area contributed by atoms with Gasteiger partial charge in [-0.3, -0.25) is 0 Å². The minimum absolute atomic E-state index is 0.0327. The Morgan fingerprint density at radius 3 is 1.30 bits per heavy atom. The molecule has 1 aliphatic carbocycles. The van der Waals surface area contributed by atoms with Crippen molar-refractivity contribution in [1.82, 2.24) is 0 Å². The van der Waals surface area contributed by atoms with Crippen molar-refractivity contribution >= 4 is 53.9 Å². The van der Waals surface area contributed by atoms with Gasteiger partial charge in [0.15, 0.2) is 0 Å². The highest BCUT2D eigenvalue weighted by atomic mass is 14.4. The number of benzene rings is 10. The van der Waals surface area contributed by atoms with Crippen LogP contribution in [0, 0.1) is 0 Å². The summed E-state index contributed by atoms with van der Waals surface area (Å²) in [5, 5.41) is 12.8. The molecule has 0 saturated heterocycles. The van der Waals surface area contributed by atoms with E-state index in [9.17, 15) is 0 Å². The summed E-state index contributed by atoms with van der Waals surface area (Å²) in [7, 11) is 0. The first kappa shape index (κ1) is 30.2. The van der Waals surface area contributed by atoms with E-state index >= 15 is 0 Å². The Bertz CT molecular complexity index is 3080. The molecule has 0 aliphatic heterocycles. The van der Waals surface area contributed by atoms with Crippen molar-refractivity contribution in [2.45, 2.75) is 19.3 Å². The second-order valence-corrected chi connectivity index (χ2v) is 15.3. The summed E-state index contributed by atoms with van der Waals surface area (Å²) in [4.78, 5) is 0. The van der Waals surface area contributed by atoms with E-state index in [1.54, 1.807) is 0 Å². The first-order valence-corrected chi connectivity index (χ1v) is 18.7. The third-order valence-corrected chi connectivity index (χ3v) is 12.0. The Labute approximate surface area is 309 Å². The predicted molar refractivity (Wildman–Crippen MR) is 228 cm³/mol. The Morgan fingerprint density at radius 1 is 0.283 bits per heavy atom. The predicted octanol–water partition coefficient (Wildman–Crippen LogP) is 14.8. The molecule has 0 aromatic heterocycles. The molecule has 248 valence electrons. The Morgan fingerprint density at radius 2 is 0.679 bits per heavy atom. The molecule has 0 fully saturated rings. The van der Waals surface area contributed by atoms with Crippen molar-refractivity contribution in [2.75, 3.05) is 0 Å². The average Bonchev–Trinajstić information content (AvgIpc) is 3.44. The molecule has 11 rings (SSSR count). The minimum atomic E-state index is -0.0327. The van der Waals surface area contributed by atoms with Crippen LogP contribution >= 0.6 is 0 Å². The van der Waals surface area contributed by atoms with E-state index in [-0.39, 0.29) is 5.41 Å². The summed E-state index contributed by atoms with van der Waals surface area (Å²) in [6.07, 6.45) is 0. The Kier molecular flexibility index (Phi) is 6.40. The van der Waals surface area contributed by atoms with Crippen LogP contribution in [-0.2, 0) is 5.41 Å². The van der Waals surface area contributed by atoms with Crippen molar-refractivity contribution < 1.29 is 0 Å². The number of rotatable bonds is 3. The maximum Gasteiger partial charge on any atom is 0.0159 e. The van der Waals surface area contributed by atoms with Crippen LogP contribution in [0.5, 0.6) is 0 Å². The van der Waals surface area contributed by atoms with Gasteiger partial charge in [0.1, 0.15) is 0 Å². The van der Waals surface area contributed by atoms with Crippen LogP contribution in [0.3, 0.4) is 0 Å². The van der Waals surface area contributed by atoms with Crippen LogP contribution in [0.4, 0.5) is 0 Å². The third kappa shape index (κ3) is 4.49. The maximum absolute atomic E-state index is 2.43. The van der Waals surface area contributed by atoms with Crippen LogP contribution in [-0.4, -0.2) is 0 Å². The molecule has 0 spiro atoms. The highest BCUT2D eigenvalue weighted by molar-refractivity contribution is 6.22. The molecule has 10 aromatic rings. The van der Waals surface area contributed by atoms with Gasteiger partial charge in [-0.2, -0.15) is 0 Å². The SMILES string of the molecule is CC1(C)c2ccc(-c3ccc4cc(-c5c6ccccc6c(-c6ccc7ccccc7c6)c6ccccc56)ccc4c3)cc2-c2c1ccc1ccccc21. The van der Waals surface area contributed by atoms with Crippen molar-refractivity contribution in [3.63, 3.8) is 0 Å². The lowest BCUT2D eigenvalue weighted by Crippen LogP contribution is -2.14. The lowest BCUT2D eigenvalue weighted by molar-refractivity contribution is 0.661. The van der Waals surface area contributed by atoms with Crippen molar-refractivity contribution in [3.05, 3.63) is 193 Å². The first-order chi connectivity index (χ1) is 26.0. The van der Waals surface area contributed by atoms with Gasteiger partial charge in [0.2, 0.25) is 0 Å². The van der Waals surface area contributed by atoms with E-state index in [0.29, 0.717) is 0 Å². The molecule has 53 heavy (non-hydrogen) atoms. The summed E-state index contributed by atoms with van der Waals surface area (Å²) in [5.74, 6) is 0. The lowest BCUT2D eigenvalue weighted by Gasteiger charge is -2.21. The zero-order chi connectivity index (χ0) is 35.3. The zero-order valence-electron chi connectivity index (χ0n) is 29.8. The van der Waals surface area contributed by atoms with Gasteiger partial charge in [-0.15, -0.1) is 0 Å². The normalized spacial score (nSPS) is 13.2. The molecule has 0 amide bonds. The molecule has 0 radical (unpaired) electrons. The van der Waals surface area contributed by atoms with Crippen molar-refractivity contribution in [3.8, 4) is 44.5 Å². The number of hydrogen-bond acceptors (Lipinski definition) is 0. The van der Waals surface area contributed by atoms with Gasteiger partial charge in [-0.05, 0) is 134 Å². The summed E-state index contributed by atoms with van der Waals surface area (Å²) >= 11 is 0. The molecule has 0 heterocycles. The molecule has 0 atom stereocenters. The van der Waals surface area contributed by atoms with Crippen LogP contribution in [0.25, 0.3) is 98.4 Å². The molecular weight excluding hydrogens is 637 g/mol. The summed E-state index contributed by atoms with van der Waals surface area (Å²) in [5.41, 5.74) is 13.1. The van der Waals surface area contributed by atoms with Crippen LogP contribution in [0.15, 0.2) is 182 Å². The number of hydrogen-bond donors (Lipinski definition) is 0. The van der Waals surface area contributed by atoms with Gasteiger partial charge in [-0.1, -0.05) is 172 Å². The Balaban J connectivity index is 1.05. The molecule has 0 nitrogen and oxygen atoms in total. The molecule has 0 N–H and O–H groups in total. The fourth-order valence-corrected chi connectivity index (χ4v) is 9.38. The lowest BCUT2D eigenvalue weighted by atomic mass is 9.82. The monoisotopic (exact) mass is 672 g/mol. The van der Waals surface area contributed by atoms with E-state index in [0.717, 1.165) is 0 Å². The fourth-order valence-electron chi connectivity index (χ4n) is 9.38. The van der Waals surface area contributed by atoms with Crippen LogP contribution < -0.4 is 0 Å². The van der Waals surface area contributed by atoms with E-state index < -0.39 is 0 Å². The van der Waals surface area contributed by atoms with Gasteiger partial charge in [0.25, 0.3) is 0 Å². The second kappa shape index (κ2) is 11.2. The smallest absolute Gasteiger partial charge is 0.0159 e. The molecule has 0 bridgehead atoms. The summed E-state index contributed by atoms with van der Waals surface area (Å²) in [6.45, 7) is 4.73. The minimum Gasteiger partial charge on any atom is -0.0616 e. The second-order valence-electron chi connectivity index (χ2n) is 15.3. The zero-order valence-corrected chi connectivity index (χ0v) is 29.8. The summed E-state index contributed by atoms with van der Waals surface area (Å²) in [6, 6.07) is 68.0. The number of fused-ring (bicyclic) bond motifs is 9. The molecule has 10 aromatic carbocycles.